The second-order valence-electron chi connectivity index (χ2n) is 7.93. The Bertz CT molecular complexity index is 1110. The number of morpholine rings is 1. The minimum Gasteiger partial charge on any atom is -0.457 e. The van der Waals surface area contributed by atoms with E-state index in [0.717, 1.165) is 48.7 Å². The van der Waals surface area contributed by atoms with Gasteiger partial charge in [0.15, 0.2) is 0 Å². The van der Waals surface area contributed by atoms with E-state index in [1.54, 1.807) is 0 Å². The fourth-order valence-electron chi connectivity index (χ4n) is 4.20. The molecule has 5 rings (SSSR count). The van der Waals surface area contributed by atoms with Crippen molar-refractivity contribution in [2.24, 2.45) is 5.10 Å². The van der Waals surface area contributed by atoms with E-state index in [1.807, 2.05) is 67.6 Å². The summed E-state index contributed by atoms with van der Waals surface area (Å²) in [5.41, 5.74) is 7.34. The molecule has 0 aliphatic carbocycles. The van der Waals surface area contributed by atoms with E-state index in [9.17, 15) is 4.79 Å². The van der Waals surface area contributed by atoms with Gasteiger partial charge in [0.2, 0.25) is 0 Å². The van der Waals surface area contributed by atoms with Crippen LogP contribution in [0.2, 0.25) is 0 Å². The highest BCUT2D eigenvalue weighted by atomic mass is 16.5. The molecule has 2 aliphatic heterocycles. The van der Waals surface area contributed by atoms with Crippen molar-refractivity contribution in [3.63, 3.8) is 0 Å². The van der Waals surface area contributed by atoms with Crippen LogP contribution in [0.3, 0.4) is 0 Å². The van der Waals surface area contributed by atoms with E-state index in [4.69, 9.17) is 9.47 Å². The smallest absolute Gasteiger partial charge is 0.252 e. The van der Waals surface area contributed by atoms with Crippen molar-refractivity contribution in [1.82, 2.24) is 5.43 Å². The molecule has 2 heterocycles. The van der Waals surface area contributed by atoms with Crippen LogP contribution in [0.4, 0.5) is 5.69 Å². The lowest BCUT2D eigenvalue weighted by Gasteiger charge is -2.28. The third kappa shape index (κ3) is 3.97. The topological polar surface area (TPSA) is 63.2 Å². The molecule has 0 unspecified atom stereocenters. The number of nitrogens with one attached hydrogen (secondary N) is 1. The van der Waals surface area contributed by atoms with Gasteiger partial charge in [-0.15, -0.1) is 0 Å². The number of hydrazone groups is 1. The monoisotopic (exact) mass is 427 g/mol. The molecule has 0 saturated carbocycles. The van der Waals surface area contributed by atoms with Gasteiger partial charge >= 0.3 is 0 Å². The van der Waals surface area contributed by atoms with Crippen molar-refractivity contribution < 1.29 is 14.3 Å². The molecule has 0 aromatic heterocycles. The predicted molar refractivity (Wildman–Crippen MR) is 125 cm³/mol. The summed E-state index contributed by atoms with van der Waals surface area (Å²) >= 11 is 0. The summed E-state index contributed by atoms with van der Waals surface area (Å²) in [6, 6.07) is 23.5. The van der Waals surface area contributed by atoms with Crippen LogP contribution in [-0.4, -0.2) is 37.9 Å². The Morgan fingerprint density at radius 2 is 1.50 bits per heavy atom. The minimum atomic E-state index is -0.476. The average molecular weight is 428 g/mol. The number of carbonyl (C=O) groups is 1. The van der Waals surface area contributed by atoms with Crippen molar-refractivity contribution in [2.45, 2.75) is 12.8 Å². The van der Waals surface area contributed by atoms with Gasteiger partial charge in [-0.25, -0.2) is 5.43 Å². The lowest BCUT2D eigenvalue weighted by atomic mass is 9.87. The number of anilines is 1. The quantitative estimate of drug-likeness (QED) is 0.498. The van der Waals surface area contributed by atoms with Crippen LogP contribution in [0.25, 0.3) is 0 Å². The first-order chi connectivity index (χ1) is 15.7. The molecule has 6 heteroatoms. The summed E-state index contributed by atoms with van der Waals surface area (Å²) in [4.78, 5) is 15.5. The van der Waals surface area contributed by atoms with Crippen molar-refractivity contribution >= 4 is 17.3 Å². The highest BCUT2D eigenvalue weighted by molar-refractivity contribution is 6.00. The first-order valence-electron chi connectivity index (χ1n) is 10.8. The maximum Gasteiger partial charge on any atom is 0.252 e. The number of rotatable bonds is 4. The van der Waals surface area contributed by atoms with Gasteiger partial charge < -0.3 is 14.4 Å². The molecule has 0 spiro atoms. The largest absolute Gasteiger partial charge is 0.457 e. The van der Waals surface area contributed by atoms with E-state index in [-0.39, 0.29) is 5.91 Å². The van der Waals surface area contributed by atoms with Crippen LogP contribution in [0, 0.1) is 0 Å². The third-order valence-corrected chi connectivity index (χ3v) is 5.94. The second kappa shape index (κ2) is 8.85. The fourth-order valence-corrected chi connectivity index (χ4v) is 4.20. The van der Waals surface area contributed by atoms with Crippen LogP contribution in [0.5, 0.6) is 11.5 Å². The number of fused-ring (bicyclic) bond motifs is 2. The van der Waals surface area contributed by atoms with Crippen LogP contribution in [-0.2, 0) is 9.53 Å². The summed E-state index contributed by atoms with van der Waals surface area (Å²) in [6.07, 6.45) is 0. The van der Waals surface area contributed by atoms with Crippen LogP contribution >= 0.6 is 0 Å². The summed E-state index contributed by atoms with van der Waals surface area (Å²) in [6.45, 7) is 5.21. The van der Waals surface area contributed by atoms with Crippen molar-refractivity contribution in [1.29, 1.82) is 0 Å². The Hall–Kier alpha value is -3.64. The van der Waals surface area contributed by atoms with E-state index < -0.39 is 5.92 Å². The van der Waals surface area contributed by atoms with Gasteiger partial charge in [-0.05, 0) is 36.8 Å². The van der Waals surface area contributed by atoms with Crippen molar-refractivity contribution in [2.75, 3.05) is 31.2 Å². The molecule has 0 radical (unpaired) electrons. The number of carbonyl (C=O) groups excluding carboxylic acids is 1. The third-order valence-electron chi connectivity index (χ3n) is 5.94. The number of benzene rings is 3. The minimum absolute atomic E-state index is 0.183. The number of hydrogen-bond donors (Lipinski definition) is 1. The highest BCUT2D eigenvalue weighted by Crippen LogP contribution is 2.43. The Balaban J connectivity index is 1.34. The first-order valence-corrected chi connectivity index (χ1v) is 10.8. The van der Waals surface area contributed by atoms with Crippen LogP contribution in [0.15, 0.2) is 77.9 Å². The lowest BCUT2D eigenvalue weighted by Crippen LogP contribution is -2.36. The average Bonchev–Trinajstić information content (AvgIpc) is 2.86. The Kier molecular flexibility index (Phi) is 5.60. The standard InChI is InChI=1S/C26H25N3O3/c1-18(19-10-12-20(13-11-19)29-14-16-31-17-15-29)27-28-26(30)25-21-6-2-4-8-23(21)32-24-9-5-3-7-22(24)25/h2-13,25H,14-17H2,1H3,(H,28,30)/b27-18+. The summed E-state index contributed by atoms with van der Waals surface area (Å²) in [7, 11) is 0. The molecular weight excluding hydrogens is 402 g/mol. The summed E-state index contributed by atoms with van der Waals surface area (Å²) < 4.78 is 11.4. The zero-order valence-electron chi connectivity index (χ0n) is 18.0. The van der Waals surface area contributed by atoms with Gasteiger partial charge in [0.05, 0.1) is 24.8 Å². The van der Waals surface area contributed by atoms with E-state index in [0.29, 0.717) is 11.5 Å². The van der Waals surface area contributed by atoms with Gasteiger partial charge in [0.25, 0.3) is 5.91 Å². The number of nitrogens with zero attached hydrogens (tertiary/aromatic N) is 2. The Morgan fingerprint density at radius 3 is 2.12 bits per heavy atom. The summed E-state index contributed by atoms with van der Waals surface area (Å²) in [5, 5.41) is 4.40. The molecule has 1 amide bonds. The maximum atomic E-state index is 13.2. The van der Waals surface area contributed by atoms with Gasteiger partial charge in [0, 0.05) is 29.9 Å². The van der Waals surface area contributed by atoms with E-state index >= 15 is 0 Å². The molecule has 0 bridgehead atoms. The molecule has 0 atom stereocenters. The zero-order chi connectivity index (χ0) is 21.9. The lowest BCUT2D eigenvalue weighted by molar-refractivity contribution is -0.121. The second-order valence-corrected chi connectivity index (χ2v) is 7.93. The van der Waals surface area contributed by atoms with Gasteiger partial charge in [-0.1, -0.05) is 48.5 Å². The molecule has 162 valence electrons. The predicted octanol–water partition coefficient (Wildman–Crippen LogP) is 4.30. The molecular formula is C26H25N3O3. The zero-order valence-corrected chi connectivity index (χ0v) is 18.0. The van der Waals surface area contributed by atoms with Crippen molar-refractivity contribution in [3.05, 3.63) is 89.5 Å². The van der Waals surface area contributed by atoms with Crippen LogP contribution < -0.4 is 15.1 Å². The number of amides is 1. The maximum absolute atomic E-state index is 13.2. The van der Waals surface area contributed by atoms with Gasteiger partial charge in [-0.2, -0.15) is 5.10 Å². The molecule has 3 aromatic rings. The highest BCUT2D eigenvalue weighted by Gasteiger charge is 2.32. The van der Waals surface area contributed by atoms with Crippen LogP contribution in [0.1, 0.15) is 29.5 Å². The molecule has 2 aliphatic rings. The molecule has 32 heavy (non-hydrogen) atoms. The fraction of sp³-hybridized carbons (Fsp3) is 0.231. The normalized spacial score (nSPS) is 16.0. The number of para-hydroxylation sites is 2. The first kappa shape index (κ1) is 20.3. The van der Waals surface area contributed by atoms with Gasteiger partial charge in [-0.3, -0.25) is 4.79 Å². The Labute approximate surface area is 187 Å². The molecule has 6 nitrogen and oxygen atoms in total. The molecule has 1 N–H and O–H groups in total. The molecule has 3 aromatic carbocycles. The molecule has 1 saturated heterocycles. The number of hydrogen-bond acceptors (Lipinski definition) is 5. The van der Waals surface area contributed by atoms with E-state index in [1.165, 1.54) is 5.69 Å². The SMILES string of the molecule is C/C(=N\NC(=O)C1c2ccccc2Oc2ccccc21)c1ccc(N2CCOCC2)cc1. The van der Waals surface area contributed by atoms with E-state index in [2.05, 4.69) is 27.6 Å². The summed E-state index contributed by atoms with van der Waals surface area (Å²) in [5.74, 6) is 0.741. The van der Waals surface area contributed by atoms with Gasteiger partial charge in [0.1, 0.15) is 11.5 Å². The Morgan fingerprint density at radius 1 is 0.906 bits per heavy atom. The molecule has 1 fully saturated rings. The van der Waals surface area contributed by atoms with Crippen molar-refractivity contribution in [3.8, 4) is 11.5 Å². The number of ether oxygens (including phenoxy) is 2.